The van der Waals surface area contributed by atoms with E-state index in [1.54, 1.807) is 37.6 Å². The van der Waals surface area contributed by atoms with Gasteiger partial charge in [0, 0.05) is 19.2 Å². The van der Waals surface area contributed by atoms with Crippen LogP contribution in [0.25, 0.3) is 11.6 Å². The lowest BCUT2D eigenvalue weighted by atomic mass is 10.2. The molecule has 2 aromatic heterocycles. The van der Waals surface area contributed by atoms with Crippen LogP contribution in [0.3, 0.4) is 0 Å². The number of methoxy groups -OCH3 is 1. The molecule has 0 spiro atoms. The van der Waals surface area contributed by atoms with E-state index in [0.717, 1.165) is 0 Å². The SMILES string of the molecule is CN=C(NCc1nc(-c2ccco2)n[nH]1)NCc1cc(OC)ccc1OC(F)F. The van der Waals surface area contributed by atoms with Crippen LogP contribution in [-0.2, 0) is 13.1 Å². The summed E-state index contributed by atoms with van der Waals surface area (Å²) in [7, 11) is 3.08. The highest BCUT2D eigenvalue weighted by atomic mass is 19.3. The summed E-state index contributed by atoms with van der Waals surface area (Å²) >= 11 is 0. The van der Waals surface area contributed by atoms with E-state index in [2.05, 4.69) is 35.5 Å². The van der Waals surface area contributed by atoms with Crippen LogP contribution in [-0.4, -0.2) is 41.9 Å². The molecule has 0 aliphatic carbocycles. The molecule has 0 fully saturated rings. The molecule has 3 rings (SSSR count). The Morgan fingerprint density at radius 3 is 2.79 bits per heavy atom. The summed E-state index contributed by atoms with van der Waals surface area (Å²) in [6.45, 7) is -2.42. The molecular formula is C18H20F2N6O3. The van der Waals surface area contributed by atoms with Crippen molar-refractivity contribution in [1.82, 2.24) is 25.8 Å². The maximum atomic E-state index is 12.6. The molecule has 2 heterocycles. The molecule has 0 saturated heterocycles. The Bertz CT molecular complexity index is 943. The number of alkyl halides is 2. The minimum Gasteiger partial charge on any atom is -0.497 e. The van der Waals surface area contributed by atoms with Crippen LogP contribution in [0, 0.1) is 0 Å². The molecule has 0 aliphatic heterocycles. The van der Waals surface area contributed by atoms with Crippen molar-refractivity contribution in [2.75, 3.05) is 14.2 Å². The number of aromatic nitrogens is 3. The lowest BCUT2D eigenvalue weighted by molar-refractivity contribution is -0.0505. The lowest BCUT2D eigenvalue weighted by Crippen LogP contribution is -2.36. The smallest absolute Gasteiger partial charge is 0.387 e. The van der Waals surface area contributed by atoms with E-state index in [1.807, 2.05) is 0 Å². The number of rotatable bonds is 8. The van der Waals surface area contributed by atoms with Crippen molar-refractivity contribution in [3.63, 3.8) is 0 Å². The first-order chi connectivity index (χ1) is 14.1. The molecule has 154 valence electrons. The summed E-state index contributed by atoms with van der Waals surface area (Å²) in [5.74, 6) is 2.59. The minimum absolute atomic E-state index is 0.0575. The van der Waals surface area contributed by atoms with Crippen molar-refractivity contribution in [2.24, 2.45) is 4.99 Å². The van der Waals surface area contributed by atoms with Crippen LogP contribution in [0.15, 0.2) is 46.0 Å². The number of hydrogen-bond acceptors (Lipinski definition) is 6. The molecule has 0 bridgehead atoms. The fraction of sp³-hybridized carbons (Fsp3) is 0.278. The third kappa shape index (κ3) is 5.43. The van der Waals surface area contributed by atoms with E-state index >= 15 is 0 Å². The minimum atomic E-state index is -2.92. The van der Waals surface area contributed by atoms with Crippen LogP contribution in [0.4, 0.5) is 8.78 Å². The van der Waals surface area contributed by atoms with Gasteiger partial charge in [-0.15, -0.1) is 5.10 Å². The monoisotopic (exact) mass is 406 g/mol. The highest BCUT2D eigenvalue weighted by Gasteiger charge is 2.12. The van der Waals surface area contributed by atoms with Crippen LogP contribution in [0.1, 0.15) is 11.4 Å². The van der Waals surface area contributed by atoms with Gasteiger partial charge in [-0.25, -0.2) is 4.98 Å². The summed E-state index contributed by atoms with van der Waals surface area (Å²) in [5, 5.41) is 13.0. The zero-order chi connectivity index (χ0) is 20.6. The van der Waals surface area contributed by atoms with Gasteiger partial charge in [0.05, 0.1) is 19.9 Å². The van der Waals surface area contributed by atoms with Crippen molar-refractivity contribution < 1.29 is 22.7 Å². The van der Waals surface area contributed by atoms with Crippen LogP contribution in [0.2, 0.25) is 0 Å². The van der Waals surface area contributed by atoms with Gasteiger partial charge in [-0.05, 0) is 30.3 Å². The van der Waals surface area contributed by atoms with E-state index in [1.165, 1.54) is 13.2 Å². The zero-order valence-electron chi connectivity index (χ0n) is 15.8. The van der Waals surface area contributed by atoms with Gasteiger partial charge in [0.15, 0.2) is 11.7 Å². The number of aliphatic imine (C=N–C) groups is 1. The quantitative estimate of drug-likeness (QED) is 0.390. The third-order valence-corrected chi connectivity index (χ3v) is 3.85. The number of guanidine groups is 1. The number of hydrogen-bond donors (Lipinski definition) is 3. The molecule has 0 unspecified atom stereocenters. The first-order valence-electron chi connectivity index (χ1n) is 8.60. The number of halogens is 2. The molecule has 3 aromatic rings. The second-order valence-corrected chi connectivity index (χ2v) is 5.71. The maximum absolute atomic E-state index is 12.6. The van der Waals surface area contributed by atoms with Gasteiger partial charge in [-0.3, -0.25) is 10.1 Å². The Balaban J connectivity index is 1.59. The average Bonchev–Trinajstić information content (AvgIpc) is 3.40. The molecule has 11 heteroatoms. The van der Waals surface area contributed by atoms with Crippen LogP contribution in [0.5, 0.6) is 11.5 Å². The molecular weight excluding hydrogens is 386 g/mol. The van der Waals surface area contributed by atoms with Gasteiger partial charge in [-0.1, -0.05) is 0 Å². The molecule has 29 heavy (non-hydrogen) atoms. The fourth-order valence-electron chi connectivity index (χ4n) is 2.49. The van der Waals surface area contributed by atoms with E-state index in [9.17, 15) is 8.78 Å². The van der Waals surface area contributed by atoms with E-state index in [4.69, 9.17) is 9.15 Å². The Kier molecular flexibility index (Phi) is 6.61. The Morgan fingerprint density at radius 2 is 2.10 bits per heavy atom. The van der Waals surface area contributed by atoms with Crippen LogP contribution >= 0.6 is 0 Å². The van der Waals surface area contributed by atoms with Gasteiger partial charge in [0.25, 0.3) is 0 Å². The van der Waals surface area contributed by atoms with Crippen LogP contribution < -0.4 is 20.1 Å². The molecule has 1 aromatic carbocycles. The molecule has 0 atom stereocenters. The van der Waals surface area contributed by atoms with Crippen molar-refractivity contribution >= 4 is 5.96 Å². The Hall–Kier alpha value is -3.63. The number of nitrogens with zero attached hydrogens (tertiary/aromatic N) is 3. The number of aromatic amines is 1. The summed E-state index contributed by atoms with van der Waals surface area (Å²) in [5.41, 5.74) is 0.493. The third-order valence-electron chi connectivity index (χ3n) is 3.85. The Labute approximate surface area is 165 Å². The number of nitrogens with one attached hydrogen (secondary N) is 3. The molecule has 0 aliphatic rings. The molecule has 0 saturated carbocycles. The highest BCUT2D eigenvalue weighted by molar-refractivity contribution is 5.79. The van der Waals surface area contributed by atoms with Gasteiger partial charge in [0.2, 0.25) is 5.82 Å². The van der Waals surface area contributed by atoms with Gasteiger partial charge < -0.3 is 24.5 Å². The van der Waals surface area contributed by atoms with E-state index in [-0.39, 0.29) is 12.3 Å². The average molecular weight is 406 g/mol. The predicted octanol–water partition coefficient (Wildman–Crippen LogP) is 2.54. The predicted molar refractivity (Wildman–Crippen MR) is 101 cm³/mol. The first kappa shape index (κ1) is 20.1. The largest absolute Gasteiger partial charge is 0.497 e. The summed E-state index contributed by atoms with van der Waals surface area (Å²) < 4.78 is 40.2. The topological polar surface area (TPSA) is 110 Å². The lowest BCUT2D eigenvalue weighted by Gasteiger charge is -2.15. The molecule has 9 nitrogen and oxygen atoms in total. The molecule has 0 radical (unpaired) electrons. The van der Waals surface area contributed by atoms with Crippen molar-refractivity contribution in [1.29, 1.82) is 0 Å². The normalized spacial score (nSPS) is 11.6. The second kappa shape index (κ2) is 9.53. The van der Waals surface area contributed by atoms with Gasteiger partial charge in [-0.2, -0.15) is 8.78 Å². The highest BCUT2D eigenvalue weighted by Crippen LogP contribution is 2.25. The van der Waals surface area contributed by atoms with Gasteiger partial charge in [0.1, 0.15) is 17.3 Å². The van der Waals surface area contributed by atoms with Crippen molar-refractivity contribution in [3.05, 3.63) is 48.0 Å². The van der Waals surface area contributed by atoms with E-state index in [0.29, 0.717) is 41.2 Å². The number of H-pyrrole nitrogens is 1. The van der Waals surface area contributed by atoms with Crippen molar-refractivity contribution in [3.8, 4) is 23.1 Å². The van der Waals surface area contributed by atoms with E-state index < -0.39 is 6.61 Å². The first-order valence-corrected chi connectivity index (χ1v) is 8.60. The molecule has 0 amide bonds. The number of benzene rings is 1. The summed E-state index contributed by atoms with van der Waals surface area (Å²) in [6.07, 6.45) is 1.54. The van der Waals surface area contributed by atoms with Gasteiger partial charge >= 0.3 is 6.61 Å². The van der Waals surface area contributed by atoms with Crippen molar-refractivity contribution in [2.45, 2.75) is 19.7 Å². The number of furan rings is 1. The molecule has 3 N–H and O–H groups in total. The second-order valence-electron chi connectivity index (χ2n) is 5.71. The summed E-state index contributed by atoms with van der Waals surface area (Å²) in [6, 6.07) is 8.11. The summed E-state index contributed by atoms with van der Waals surface area (Å²) in [4.78, 5) is 8.42. The standard InChI is InChI=1S/C18H20F2N6O3/c1-21-18(23-10-15-24-16(26-25-15)14-4-3-7-28-14)22-9-11-8-12(27-2)5-6-13(11)29-17(19)20/h3-8,17H,9-10H2,1-2H3,(H2,21,22,23)(H,24,25,26). The Morgan fingerprint density at radius 1 is 1.28 bits per heavy atom. The number of ether oxygens (including phenoxy) is 2. The fourth-order valence-corrected chi connectivity index (χ4v) is 2.49. The zero-order valence-corrected chi connectivity index (χ0v) is 15.8. The maximum Gasteiger partial charge on any atom is 0.387 e.